The van der Waals surface area contributed by atoms with Crippen molar-refractivity contribution in [2.24, 2.45) is 0 Å². The minimum atomic E-state index is -1.00. The van der Waals surface area contributed by atoms with E-state index in [9.17, 15) is 19.5 Å². The number of amides is 2. The third-order valence-electron chi connectivity index (χ3n) is 4.59. The Hall–Kier alpha value is -3.35. The lowest BCUT2D eigenvalue weighted by atomic mass is 9.93. The Kier molecular flexibility index (Phi) is 7.36. The fourth-order valence-corrected chi connectivity index (χ4v) is 3.25. The number of nitrogens with one attached hydrogen (secondary N) is 1. The van der Waals surface area contributed by atoms with Gasteiger partial charge in [-0.25, -0.2) is 0 Å². The van der Waals surface area contributed by atoms with Gasteiger partial charge in [-0.3, -0.25) is 14.4 Å². The van der Waals surface area contributed by atoms with Crippen LogP contribution in [0.5, 0.6) is 5.75 Å². The number of benzene rings is 2. The van der Waals surface area contributed by atoms with Crippen LogP contribution in [0, 0.1) is 0 Å². The van der Waals surface area contributed by atoms with Crippen molar-refractivity contribution < 1.29 is 24.2 Å². The number of nitrogens with zero attached hydrogens (tertiary/aromatic N) is 1. The van der Waals surface area contributed by atoms with Crippen LogP contribution in [0.15, 0.2) is 36.4 Å². The molecule has 0 saturated carbocycles. The monoisotopic (exact) mass is 398 g/mol. The molecule has 7 heteroatoms. The van der Waals surface area contributed by atoms with E-state index < -0.39 is 5.97 Å². The maximum Gasteiger partial charge on any atom is 0.307 e. The van der Waals surface area contributed by atoms with Crippen LogP contribution < -0.4 is 10.1 Å². The van der Waals surface area contributed by atoms with E-state index in [0.717, 1.165) is 11.1 Å². The molecule has 0 aliphatic heterocycles. The first-order valence-electron chi connectivity index (χ1n) is 9.31. The molecule has 0 heterocycles. The van der Waals surface area contributed by atoms with Crippen molar-refractivity contribution in [3.05, 3.63) is 47.5 Å². The number of methoxy groups -OCH3 is 1. The van der Waals surface area contributed by atoms with Crippen molar-refractivity contribution in [2.75, 3.05) is 19.0 Å². The Balaban J connectivity index is 2.74. The van der Waals surface area contributed by atoms with E-state index in [0.29, 0.717) is 35.7 Å². The summed E-state index contributed by atoms with van der Waals surface area (Å²) in [4.78, 5) is 36.8. The fraction of sp³-hybridized carbons (Fsp3) is 0.318. The summed E-state index contributed by atoms with van der Waals surface area (Å²) in [5.74, 6) is -0.866. The summed E-state index contributed by atoms with van der Waals surface area (Å²) in [6, 6.07) is 10.8. The van der Waals surface area contributed by atoms with E-state index in [4.69, 9.17) is 4.74 Å². The van der Waals surface area contributed by atoms with Crippen molar-refractivity contribution in [1.82, 2.24) is 4.90 Å². The minimum absolute atomic E-state index is 0.0454. The summed E-state index contributed by atoms with van der Waals surface area (Å²) >= 11 is 0. The lowest BCUT2D eigenvalue weighted by Crippen LogP contribution is -2.28. The van der Waals surface area contributed by atoms with E-state index in [1.807, 2.05) is 31.2 Å². The second-order valence-electron chi connectivity index (χ2n) is 6.62. The summed E-state index contributed by atoms with van der Waals surface area (Å²) in [6.07, 6.45) is -0.247. The van der Waals surface area contributed by atoms with Crippen LogP contribution in [0.3, 0.4) is 0 Å². The van der Waals surface area contributed by atoms with Crippen molar-refractivity contribution in [3.8, 4) is 16.9 Å². The number of rotatable bonds is 8. The zero-order chi connectivity index (χ0) is 21.6. The van der Waals surface area contributed by atoms with Crippen molar-refractivity contribution >= 4 is 23.5 Å². The van der Waals surface area contributed by atoms with Gasteiger partial charge in [0, 0.05) is 32.5 Å². The molecule has 0 spiro atoms. The van der Waals surface area contributed by atoms with Gasteiger partial charge < -0.3 is 20.1 Å². The van der Waals surface area contributed by atoms with Gasteiger partial charge in [-0.2, -0.15) is 0 Å². The molecule has 2 aromatic rings. The van der Waals surface area contributed by atoms with E-state index in [-0.39, 0.29) is 18.2 Å². The molecule has 2 N–H and O–H groups in total. The molecule has 2 amide bonds. The average molecular weight is 398 g/mol. The van der Waals surface area contributed by atoms with Gasteiger partial charge in [0.05, 0.1) is 19.2 Å². The van der Waals surface area contributed by atoms with Crippen LogP contribution in [0.25, 0.3) is 11.1 Å². The highest BCUT2D eigenvalue weighted by atomic mass is 16.5. The minimum Gasteiger partial charge on any atom is -0.496 e. The lowest BCUT2D eigenvalue weighted by molar-refractivity contribution is -0.136. The molecule has 2 rings (SSSR count). The number of carboxylic acid groups (broad SMARTS) is 1. The third-order valence-corrected chi connectivity index (χ3v) is 4.59. The largest absolute Gasteiger partial charge is 0.496 e. The average Bonchev–Trinajstić information content (AvgIpc) is 2.66. The SMILES string of the molecule is CCN(Cc1ccccc1-c1c(OC)ccc(CC(=O)O)c1NC(C)=O)C(C)=O. The highest BCUT2D eigenvalue weighted by Gasteiger charge is 2.21. The second-order valence-corrected chi connectivity index (χ2v) is 6.62. The van der Waals surface area contributed by atoms with Crippen LogP contribution in [0.1, 0.15) is 31.9 Å². The molecule has 2 aromatic carbocycles. The molecular weight excluding hydrogens is 372 g/mol. The highest BCUT2D eigenvalue weighted by molar-refractivity contribution is 5.98. The zero-order valence-electron chi connectivity index (χ0n) is 17.1. The van der Waals surface area contributed by atoms with Crippen molar-refractivity contribution in [3.63, 3.8) is 0 Å². The van der Waals surface area contributed by atoms with Gasteiger partial charge in [-0.15, -0.1) is 0 Å². The van der Waals surface area contributed by atoms with Gasteiger partial charge in [0.25, 0.3) is 0 Å². The predicted molar refractivity (Wildman–Crippen MR) is 111 cm³/mol. The van der Waals surface area contributed by atoms with Crippen LogP contribution in [0.4, 0.5) is 5.69 Å². The number of hydrogen-bond acceptors (Lipinski definition) is 4. The van der Waals surface area contributed by atoms with Crippen molar-refractivity contribution in [1.29, 1.82) is 0 Å². The number of hydrogen-bond donors (Lipinski definition) is 2. The van der Waals surface area contributed by atoms with E-state index in [1.54, 1.807) is 17.0 Å². The molecule has 0 unspecified atom stereocenters. The van der Waals surface area contributed by atoms with E-state index in [1.165, 1.54) is 21.0 Å². The number of carbonyl (C=O) groups is 3. The molecule has 0 atom stereocenters. The quantitative estimate of drug-likeness (QED) is 0.711. The highest BCUT2D eigenvalue weighted by Crippen LogP contribution is 2.41. The predicted octanol–water partition coefficient (Wildman–Crippen LogP) is 3.32. The van der Waals surface area contributed by atoms with Gasteiger partial charge in [0.15, 0.2) is 0 Å². The summed E-state index contributed by atoms with van der Waals surface area (Å²) in [6.45, 7) is 5.73. The number of carboxylic acids is 1. The molecule has 0 aliphatic rings. The van der Waals surface area contributed by atoms with E-state index in [2.05, 4.69) is 5.32 Å². The summed E-state index contributed by atoms with van der Waals surface area (Å²) in [5.41, 5.74) is 3.09. The molecule has 0 aromatic heterocycles. The molecule has 0 aliphatic carbocycles. The number of ether oxygens (including phenoxy) is 1. The van der Waals surface area contributed by atoms with Crippen LogP contribution in [-0.2, 0) is 27.3 Å². The van der Waals surface area contributed by atoms with Gasteiger partial charge >= 0.3 is 5.97 Å². The fourth-order valence-electron chi connectivity index (χ4n) is 3.25. The maximum atomic E-state index is 11.9. The smallest absolute Gasteiger partial charge is 0.307 e. The summed E-state index contributed by atoms with van der Waals surface area (Å²) in [5, 5.41) is 12.1. The molecule has 7 nitrogen and oxygen atoms in total. The van der Waals surface area contributed by atoms with Gasteiger partial charge in [-0.05, 0) is 29.7 Å². The van der Waals surface area contributed by atoms with Crippen molar-refractivity contribution in [2.45, 2.75) is 33.7 Å². The summed E-state index contributed by atoms with van der Waals surface area (Å²) in [7, 11) is 1.52. The van der Waals surface area contributed by atoms with E-state index >= 15 is 0 Å². The van der Waals surface area contributed by atoms with Gasteiger partial charge in [-0.1, -0.05) is 30.3 Å². The second kappa shape index (κ2) is 9.73. The lowest BCUT2D eigenvalue weighted by Gasteiger charge is -2.23. The Morgan fingerprint density at radius 2 is 1.76 bits per heavy atom. The number of aliphatic carboxylic acids is 1. The molecule has 154 valence electrons. The maximum absolute atomic E-state index is 11.9. The molecule has 0 radical (unpaired) electrons. The van der Waals surface area contributed by atoms with Gasteiger partial charge in [0.2, 0.25) is 11.8 Å². The molecule has 0 saturated heterocycles. The first kappa shape index (κ1) is 21.9. The third kappa shape index (κ3) is 5.34. The van der Waals surface area contributed by atoms with Crippen LogP contribution >= 0.6 is 0 Å². The molecule has 29 heavy (non-hydrogen) atoms. The number of carbonyl (C=O) groups excluding carboxylic acids is 2. The Morgan fingerprint density at radius 3 is 2.31 bits per heavy atom. The Labute approximate surface area is 170 Å². The first-order chi connectivity index (χ1) is 13.8. The number of anilines is 1. The van der Waals surface area contributed by atoms with Crippen LogP contribution in [0.2, 0.25) is 0 Å². The Bertz CT molecular complexity index is 923. The standard InChI is InChI=1S/C22H26N2O5/c1-5-24(15(3)26)13-17-8-6-7-9-18(17)21-19(29-4)11-10-16(12-20(27)28)22(21)23-14(2)25/h6-11H,5,12-13H2,1-4H3,(H,23,25)(H,27,28). The molecule has 0 bridgehead atoms. The normalized spacial score (nSPS) is 10.3. The first-order valence-corrected chi connectivity index (χ1v) is 9.31. The summed E-state index contributed by atoms with van der Waals surface area (Å²) < 4.78 is 5.54. The zero-order valence-corrected chi connectivity index (χ0v) is 17.1. The van der Waals surface area contributed by atoms with Crippen LogP contribution in [-0.4, -0.2) is 41.4 Å². The van der Waals surface area contributed by atoms with Gasteiger partial charge in [0.1, 0.15) is 5.75 Å². The Morgan fingerprint density at radius 1 is 1.07 bits per heavy atom. The topological polar surface area (TPSA) is 95.9 Å². The molecular formula is C22H26N2O5. The molecule has 0 fully saturated rings.